The van der Waals surface area contributed by atoms with Crippen LogP contribution < -0.4 is 4.74 Å². The second-order valence-electron chi connectivity index (χ2n) is 7.37. The largest absolute Gasteiger partial charge is 2.00 e. The van der Waals surface area contributed by atoms with Crippen LogP contribution in [0.4, 0.5) is 0 Å². The molecule has 160 valence electrons. The maximum absolute atomic E-state index is 5.93. The van der Waals surface area contributed by atoms with Crippen molar-refractivity contribution < 1.29 is 25.8 Å². The average molecular weight is 607 g/mol. The molecule has 0 aliphatic heterocycles. The molecule has 0 fully saturated rings. The van der Waals surface area contributed by atoms with E-state index in [1.165, 1.54) is 0 Å². The SMILES string of the molecule is [Pt+2].[c-]1c(Oc2ccccn2)cccc1-n1c2[c-]c(-c3ccccn3)ccc2c2ccccc21. The van der Waals surface area contributed by atoms with Gasteiger partial charge in [-0.3, -0.25) is 0 Å². The molecule has 0 bridgehead atoms. The average Bonchev–Trinajstić information content (AvgIpc) is 3.19. The van der Waals surface area contributed by atoms with Gasteiger partial charge in [-0.1, -0.05) is 47.5 Å². The van der Waals surface area contributed by atoms with Gasteiger partial charge in [-0.15, -0.1) is 42.0 Å². The van der Waals surface area contributed by atoms with Gasteiger partial charge in [0.1, 0.15) is 0 Å². The molecule has 0 amide bonds. The monoisotopic (exact) mass is 606 g/mol. The van der Waals surface area contributed by atoms with Gasteiger partial charge in [-0.05, 0) is 34.8 Å². The summed E-state index contributed by atoms with van der Waals surface area (Å²) in [5, 5.41) is 2.29. The summed E-state index contributed by atoms with van der Waals surface area (Å²) in [5.41, 5.74) is 4.77. The third kappa shape index (κ3) is 3.94. The Hall–Kier alpha value is -3.75. The van der Waals surface area contributed by atoms with Gasteiger partial charge in [-0.2, -0.15) is 6.07 Å². The summed E-state index contributed by atoms with van der Waals surface area (Å²) in [6.45, 7) is 0. The van der Waals surface area contributed by atoms with Crippen LogP contribution in [0, 0.1) is 12.1 Å². The van der Waals surface area contributed by atoms with Crippen LogP contribution in [0.3, 0.4) is 0 Å². The second-order valence-corrected chi connectivity index (χ2v) is 7.37. The number of nitrogens with zero attached hydrogens (tertiary/aromatic N) is 3. The number of hydrogen-bond donors (Lipinski definition) is 0. The molecule has 0 spiro atoms. The fourth-order valence-electron chi connectivity index (χ4n) is 3.96. The van der Waals surface area contributed by atoms with E-state index in [0.717, 1.165) is 38.8 Å². The standard InChI is InChI=1S/C28H17N3O.Pt/c1-2-12-26-23(10-1)24-15-14-20(25-11-3-5-16-29-25)18-27(24)31(26)21-8-7-9-22(19-21)32-28-13-4-6-17-30-28;/h1-17H;/q-2;+2. The smallest absolute Gasteiger partial charge is 0.466 e. The van der Waals surface area contributed by atoms with Gasteiger partial charge >= 0.3 is 21.1 Å². The van der Waals surface area contributed by atoms with E-state index in [0.29, 0.717) is 11.6 Å². The zero-order chi connectivity index (χ0) is 21.3. The first-order valence-electron chi connectivity index (χ1n) is 10.4. The molecular formula is C28H17N3OPt. The van der Waals surface area contributed by atoms with Crippen LogP contribution in [0.5, 0.6) is 11.6 Å². The first kappa shape index (κ1) is 21.1. The van der Waals surface area contributed by atoms with Crippen LogP contribution in [0.15, 0.2) is 103 Å². The van der Waals surface area contributed by atoms with Crippen molar-refractivity contribution in [3.8, 4) is 28.6 Å². The molecule has 3 heterocycles. The van der Waals surface area contributed by atoms with E-state index >= 15 is 0 Å². The molecule has 6 rings (SSSR count). The Bertz CT molecular complexity index is 1550. The predicted molar refractivity (Wildman–Crippen MR) is 126 cm³/mol. The van der Waals surface area contributed by atoms with E-state index in [2.05, 4.69) is 57.0 Å². The molecule has 0 saturated carbocycles. The molecule has 0 atom stereocenters. The van der Waals surface area contributed by atoms with Crippen molar-refractivity contribution in [1.82, 2.24) is 14.5 Å². The Morgan fingerprint density at radius 2 is 1.48 bits per heavy atom. The van der Waals surface area contributed by atoms with Gasteiger partial charge in [0.2, 0.25) is 5.88 Å². The number of aromatic nitrogens is 3. The summed E-state index contributed by atoms with van der Waals surface area (Å²) in [6.07, 6.45) is 3.51. The molecule has 0 saturated heterocycles. The first-order valence-corrected chi connectivity index (χ1v) is 10.4. The minimum atomic E-state index is 0. The molecule has 0 aliphatic carbocycles. The number of pyridine rings is 2. The Kier molecular flexibility index (Phi) is 5.76. The fraction of sp³-hybridized carbons (Fsp3) is 0. The van der Waals surface area contributed by atoms with Crippen molar-refractivity contribution in [2.75, 3.05) is 0 Å². The maximum atomic E-state index is 5.93. The summed E-state index contributed by atoms with van der Waals surface area (Å²) in [7, 11) is 0. The van der Waals surface area contributed by atoms with Crippen molar-refractivity contribution in [2.45, 2.75) is 0 Å². The van der Waals surface area contributed by atoms with Gasteiger partial charge < -0.3 is 14.3 Å². The Balaban J connectivity index is 0.00000228. The fourth-order valence-corrected chi connectivity index (χ4v) is 3.96. The third-order valence-electron chi connectivity index (χ3n) is 5.37. The van der Waals surface area contributed by atoms with E-state index in [4.69, 9.17) is 4.74 Å². The molecule has 3 aromatic carbocycles. The van der Waals surface area contributed by atoms with Crippen molar-refractivity contribution in [3.05, 3.63) is 116 Å². The summed E-state index contributed by atoms with van der Waals surface area (Å²) < 4.78 is 8.10. The van der Waals surface area contributed by atoms with Gasteiger partial charge in [0, 0.05) is 29.7 Å². The number of hydrogen-bond acceptors (Lipinski definition) is 3. The van der Waals surface area contributed by atoms with Gasteiger partial charge in [0.15, 0.2) is 0 Å². The summed E-state index contributed by atoms with van der Waals surface area (Å²) in [5.74, 6) is 1.14. The van der Waals surface area contributed by atoms with Crippen molar-refractivity contribution in [3.63, 3.8) is 0 Å². The Morgan fingerprint density at radius 1 is 0.667 bits per heavy atom. The van der Waals surface area contributed by atoms with Gasteiger partial charge in [0.05, 0.1) is 0 Å². The maximum Gasteiger partial charge on any atom is 2.00 e. The van der Waals surface area contributed by atoms with E-state index in [9.17, 15) is 0 Å². The Morgan fingerprint density at radius 3 is 2.30 bits per heavy atom. The van der Waals surface area contributed by atoms with Crippen LogP contribution in [0.25, 0.3) is 38.8 Å². The molecule has 5 heteroatoms. The summed E-state index contributed by atoms with van der Waals surface area (Å²) in [4.78, 5) is 8.75. The van der Waals surface area contributed by atoms with E-state index in [1.807, 2.05) is 60.7 Å². The van der Waals surface area contributed by atoms with E-state index in [1.54, 1.807) is 12.4 Å². The molecule has 4 nitrogen and oxygen atoms in total. The van der Waals surface area contributed by atoms with Crippen LogP contribution in [-0.4, -0.2) is 14.5 Å². The zero-order valence-electron chi connectivity index (χ0n) is 17.4. The van der Waals surface area contributed by atoms with E-state index < -0.39 is 0 Å². The number of benzene rings is 3. The number of ether oxygens (including phenoxy) is 1. The second kappa shape index (κ2) is 9.01. The molecule has 0 radical (unpaired) electrons. The molecule has 3 aromatic heterocycles. The predicted octanol–water partition coefficient (Wildman–Crippen LogP) is 6.63. The van der Waals surface area contributed by atoms with Crippen LogP contribution in [0.2, 0.25) is 0 Å². The van der Waals surface area contributed by atoms with Crippen molar-refractivity contribution >= 4 is 21.8 Å². The van der Waals surface area contributed by atoms with Gasteiger partial charge in [0.25, 0.3) is 0 Å². The van der Waals surface area contributed by atoms with Crippen LogP contribution in [-0.2, 0) is 21.1 Å². The summed E-state index contributed by atoms with van der Waals surface area (Å²) >= 11 is 0. The van der Waals surface area contributed by atoms with Crippen LogP contribution in [0.1, 0.15) is 0 Å². The molecule has 6 aromatic rings. The zero-order valence-corrected chi connectivity index (χ0v) is 19.7. The quantitative estimate of drug-likeness (QED) is 0.212. The molecule has 0 aliphatic rings. The third-order valence-corrected chi connectivity index (χ3v) is 5.37. The normalized spacial score (nSPS) is 10.8. The molecular weight excluding hydrogens is 589 g/mol. The molecule has 33 heavy (non-hydrogen) atoms. The molecule has 0 N–H and O–H groups in total. The topological polar surface area (TPSA) is 39.9 Å². The number of para-hydroxylation sites is 1. The van der Waals surface area contributed by atoms with Crippen LogP contribution >= 0.6 is 0 Å². The molecule has 0 unspecified atom stereocenters. The van der Waals surface area contributed by atoms with Crippen molar-refractivity contribution in [1.29, 1.82) is 0 Å². The van der Waals surface area contributed by atoms with Crippen molar-refractivity contribution in [2.24, 2.45) is 0 Å². The minimum absolute atomic E-state index is 0. The first-order chi connectivity index (χ1) is 15.9. The number of rotatable bonds is 4. The summed E-state index contributed by atoms with van der Waals surface area (Å²) in [6, 6.07) is 36.9. The minimum Gasteiger partial charge on any atom is -0.466 e. The number of fused-ring (bicyclic) bond motifs is 3. The Labute approximate surface area is 205 Å². The van der Waals surface area contributed by atoms with Gasteiger partial charge in [-0.25, -0.2) is 4.98 Å². The van der Waals surface area contributed by atoms with E-state index in [-0.39, 0.29) is 21.1 Å².